The van der Waals surface area contributed by atoms with E-state index in [4.69, 9.17) is 14.2 Å². The predicted octanol–water partition coefficient (Wildman–Crippen LogP) is 1.30. The third-order valence-corrected chi connectivity index (χ3v) is 6.44. The number of ether oxygens (including phenoxy) is 3. The molecule has 30 heavy (non-hydrogen) atoms. The number of benzene rings is 1. The summed E-state index contributed by atoms with van der Waals surface area (Å²) in [6.45, 7) is 9.73. The Morgan fingerprint density at radius 2 is 1.93 bits per heavy atom. The summed E-state index contributed by atoms with van der Waals surface area (Å²) < 4.78 is 16.7. The highest BCUT2D eigenvalue weighted by Crippen LogP contribution is 2.28. The first-order valence-electron chi connectivity index (χ1n) is 11.0. The molecule has 1 atom stereocenters. The smallest absolute Gasteiger partial charge is 0.161 e. The van der Waals surface area contributed by atoms with Crippen molar-refractivity contribution in [3.05, 3.63) is 23.8 Å². The molecule has 3 rings (SSSR count). The first-order valence-corrected chi connectivity index (χ1v) is 12.2. The van der Waals surface area contributed by atoms with Crippen LogP contribution in [0.15, 0.2) is 18.2 Å². The average molecular weight is 440 g/mol. The summed E-state index contributed by atoms with van der Waals surface area (Å²) in [5.74, 6) is 3.68. The summed E-state index contributed by atoms with van der Waals surface area (Å²) in [6.07, 6.45) is 0.636. The molecule has 8 heteroatoms. The van der Waals surface area contributed by atoms with Crippen LogP contribution in [0.4, 0.5) is 0 Å². The standard InChI is InChI=1S/C22H37N3O4S/c1-27-22-15-19(16-23-5-2-6-24-7-11-28-12-8-24)3-4-21(22)29-18-20(26)17-25-9-13-30-14-10-25/h3-4,15,20,23,26H,2,5-14,16-18H2,1H3. The van der Waals surface area contributed by atoms with Crippen molar-refractivity contribution in [3.8, 4) is 11.5 Å². The van der Waals surface area contributed by atoms with Gasteiger partial charge < -0.3 is 24.6 Å². The summed E-state index contributed by atoms with van der Waals surface area (Å²) in [7, 11) is 1.66. The molecule has 170 valence electrons. The summed E-state index contributed by atoms with van der Waals surface area (Å²) in [4.78, 5) is 4.76. The monoisotopic (exact) mass is 439 g/mol. The molecule has 0 saturated carbocycles. The topological polar surface area (TPSA) is 66.4 Å². The molecule has 0 spiro atoms. The minimum atomic E-state index is -0.495. The predicted molar refractivity (Wildman–Crippen MR) is 122 cm³/mol. The van der Waals surface area contributed by atoms with E-state index in [0.29, 0.717) is 18.0 Å². The number of thioether (sulfide) groups is 1. The van der Waals surface area contributed by atoms with E-state index in [1.165, 1.54) is 0 Å². The van der Waals surface area contributed by atoms with Crippen LogP contribution in [-0.2, 0) is 11.3 Å². The van der Waals surface area contributed by atoms with Crippen LogP contribution in [0.1, 0.15) is 12.0 Å². The Hall–Kier alpha value is -1.03. The molecule has 1 unspecified atom stereocenters. The lowest BCUT2D eigenvalue weighted by molar-refractivity contribution is 0.0374. The normalized spacial score (nSPS) is 19.5. The Morgan fingerprint density at radius 3 is 2.70 bits per heavy atom. The lowest BCUT2D eigenvalue weighted by Crippen LogP contribution is -2.40. The van der Waals surface area contributed by atoms with Gasteiger partial charge >= 0.3 is 0 Å². The number of nitrogens with zero attached hydrogens (tertiary/aromatic N) is 2. The van der Waals surface area contributed by atoms with Gasteiger partial charge in [0.2, 0.25) is 0 Å². The second-order valence-corrected chi connectivity index (χ2v) is 9.07. The largest absolute Gasteiger partial charge is 0.493 e. The minimum Gasteiger partial charge on any atom is -0.493 e. The maximum atomic E-state index is 10.3. The van der Waals surface area contributed by atoms with Gasteiger partial charge in [0.25, 0.3) is 0 Å². The van der Waals surface area contributed by atoms with Crippen molar-refractivity contribution in [2.24, 2.45) is 0 Å². The molecule has 0 aliphatic carbocycles. The van der Waals surface area contributed by atoms with E-state index >= 15 is 0 Å². The molecule has 2 fully saturated rings. The SMILES string of the molecule is COc1cc(CNCCCN2CCOCC2)ccc1OCC(O)CN1CCSCC1. The van der Waals surface area contributed by atoms with Crippen LogP contribution in [0.25, 0.3) is 0 Å². The van der Waals surface area contributed by atoms with Crippen LogP contribution in [0.5, 0.6) is 11.5 Å². The average Bonchev–Trinajstić information content (AvgIpc) is 2.79. The van der Waals surface area contributed by atoms with E-state index in [1.54, 1.807) is 7.11 Å². The zero-order valence-corrected chi connectivity index (χ0v) is 19.0. The van der Waals surface area contributed by atoms with Crippen LogP contribution in [0.3, 0.4) is 0 Å². The quantitative estimate of drug-likeness (QED) is 0.473. The Kier molecular flexibility index (Phi) is 10.6. The van der Waals surface area contributed by atoms with E-state index in [9.17, 15) is 5.11 Å². The van der Waals surface area contributed by atoms with Gasteiger partial charge in [0, 0.05) is 50.8 Å². The summed E-state index contributed by atoms with van der Waals surface area (Å²) in [6, 6.07) is 6.01. The van der Waals surface area contributed by atoms with Gasteiger partial charge in [-0.1, -0.05) is 6.07 Å². The molecule has 0 radical (unpaired) electrons. The highest BCUT2D eigenvalue weighted by Gasteiger charge is 2.16. The Balaban J connectivity index is 1.35. The lowest BCUT2D eigenvalue weighted by Gasteiger charge is -2.28. The van der Waals surface area contributed by atoms with Gasteiger partial charge in [-0.3, -0.25) is 9.80 Å². The highest BCUT2D eigenvalue weighted by molar-refractivity contribution is 7.99. The van der Waals surface area contributed by atoms with E-state index in [1.807, 2.05) is 23.9 Å². The minimum absolute atomic E-state index is 0.277. The van der Waals surface area contributed by atoms with E-state index < -0.39 is 6.10 Å². The summed E-state index contributed by atoms with van der Waals surface area (Å²) >= 11 is 1.97. The van der Waals surface area contributed by atoms with Gasteiger partial charge in [0.15, 0.2) is 11.5 Å². The van der Waals surface area contributed by atoms with E-state index in [-0.39, 0.29) is 6.61 Å². The fourth-order valence-corrected chi connectivity index (χ4v) is 4.73. The Morgan fingerprint density at radius 1 is 1.13 bits per heavy atom. The van der Waals surface area contributed by atoms with Crippen LogP contribution in [-0.4, -0.2) is 105 Å². The van der Waals surface area contributed by atoms with Crippen molar-refractivity contribution in [2.45, 2.75) is 19.1 Å². The van der Waals surface area contributed by atoms with Crippen molar-refractivity contribution in [1.29, 1.82) is 0 Å². The number of hydrogen-bond donors (Lipinski definition) is 2. The molecule has 1 aromatic carbocycles. The number of β-amino-alcohol motifs (C(OH)–C–C–N with tert-alkyl or cyclic N) is 1. The fourth-order valence-electron chi connectivity index (χ4n) is 3.75. The first kappa shape index (κ1) is 23.6. The number of hydrogen-bond acceptors (Lipinski definition) is 8. The van der Waals surface area contributed by atoms with Crippen LogP contribution in [0.2, 0.25) is 0 Å². The van der Waals surface area contributed by atoms with Crippen LogP contribution in [0, 0.1) is 0 Å². The molecule has 0 bridgehead atoms. The molecule has 2 saturated heterocycles. The number of rotatable bonds is 12. The van der Waals surface area contributed by atoms with Crippen molar-refractivity contribution >= 4 is 11.8 Å². The molecular formula is C22H37N3O4S. The van der Waals surface area contributed by atoms with Gasteiger partial charge in [-0.15, -0.1) is 0 Å². The molecule has 1 aromatic rings. The molecule has 2 aliphatic rings. The van der Waals surface area contributed by atoms with Gasteiger partial charge in [-0.2, -0.15) is 11.8 Å². The van der Waals surface area contributed by atoms with Gasteiger partial charge in [0.05, 0.1) is 20.3 Å². The molecule has 2 heterocycles. The molecular weight excluding hydrogens is 402 g/mol. The Labute approximate surface area is 185 Å². The summed E-state index contributed by atoms with van der Waals surface area (Å²) in [5.41, 5.74) is 1.16. The number of aliphatic hydroxyl groups is 1. The zero-order valence-electron chi connectivity index (χ0n) is 18.2. The maximum absolute atomic E-state index is 10.3. The second-order valence-electron chi connectivity index (χ2n) is 7.85. The lowest BCUT2D eigenvalue weighted by atomic mass is 10.2. The van der Waals surface area contributed by atoms with Crippen molar-refractivity contribution in [3.63, 3.8) is 0 Å². The van der Waals surface area contributed by atoms with Crippen molar-refractivity contribution < 1.29 is 19.3 Å². The van der Waals surface area contributed by atoms with Crippen LogP contribution >= 0.6 is 11.8 Å². The second kappa shape index (κ2) is 13.4. The molecule has 2 N–H and O–H groups in total. The molecule has 0 amide bonds. The zero-order chi connectivity index (χ0) is 21.0. The van der Waals surface area contributed by atoms with Gasteiger partial charge in [-0.05, 0) is 37.2 Å². The van der Waals surface area contributed by atoms with Crippen LogP contribution < -0.4 is 14.8 Å². The van der Waals surface area contributed by atoms with Crippen molar-refractivity contribution in [1.82, 2.24) is 15.1 Å². The molecule has 7 nitrogen and oxygen atoms in total. The Bertz CT molecular complexity index is 610. The van der Waals surface area contributed by atoms with Gasteiger partial charge in [0.1, 0.15) is 12.7 Å². The fraction of sp³-hybridized carbons (Fsp3) is 0.727. The number of morpholine rings is 1. The number of nitrogens with one attached hydrogen (secondary N) is 1. The van der Waals surface area contributed by atoms with E-state index in [2.05, 4.69) is 21.2 Å². The maximum Gasteiger partial charge on any atom is 0.161 e. The molecule has 2 aliphatic heterocycles. The number of aliphatic hydroxyl groups excluding tert-OH is 1. The first-order chi connectivity index (χ1) is 14.7. The van der Waals surface area contributed by atoms with Gasteiger partial charge in [-0.25, -0.2) is 0 Å². The number of methoxy groups -OCH3 is 1. The summed E-state index contributed by atoms with van der Waals surface area (Å²) in [5, 5.41) is 13.8. The van der Waals surface area contributed by atoms with Crippen molar-refractivity contribution in [2.75, 3.05) is 84.2 Å². The highest BCUT2D eigenvalue weighted by atomic mass is 32.2. The third kappa shape index (κ3) is 8.24. The molecule has 0 aromatic heterocycles. The van der Waals surface area contributed by atoms with E-state index in [0.717, 1.165) is 82.5 Å². The third-order valence-electron chi connectivity index (χ3n) is 5.49.